The number of nitro benzene ring substituents is 1. The van der Waals surface area contributed by atoms with Gasteiger partial charge in [0.2, 0.25) is 0 Å². The number of ether oxygens (including phenoxy) is 1. The summed E-state index contributed by atoms with van der Waals surface area (Å²) in [4.78, 5) is 13.1. The second-order valence-electron chi connectivity index (χ2n) is 5.83. The number of methoxy groups -OCH3 is 1. The summed E-state index contributed by atoms with van der Waals surface area (Å²) in [5.41, 5.74) is 3.00. The van der Waals surface area contributed by atoms with Gasteiger partial charge in [-0.1, -0.05) is 18.2 Å². The van der Waals surface area contributed by atoms with Gasteiger partial charge in [-0.05, 0) is 49.2 Å². The monoisotopic (exact) mass is 312 g/mol. The molecule has 0 unspecified atom stereocenters. The molecular formula is C18H20N2O3. The van der Waals surface area contributed by atoms with Crippen molar-refractivity contribution in [2.24, 2.45) is 0 Å². The molecule has 0 aromatic heterocycles. The lowest BCUT2D eigenvalue weighted by Gasteiger charge is -2.16. The molecule has 5 heteroatoms. The summed E-state index contributed by atoms with van der Waals surface area (Å²) in [5, 5.41) is 11.0. The van der Waals surface area contributed by atoms with Crippen molar-refractivity contribution < 1.29 is 9.66 Å². The molecule has 1 aliphatic rings. The fourth-order valence-electron chi connectivity index (χ4n) is 3.07. The normalized spacial score (nSPS) is 14.8. The van der Waals surface area contributed by atoms with Crippen LogP contribution in [0.1, 0.15) is 18.4 Å². The van der Waals surface area contributed by atoms with E-state index >= 15 is 0 Å². The predicted molar refractivity (Wildman–Crippen MR) is 89.6 cm³/mol. The minimum absolute atomic E-state index is 0.0921. The van der Waals surface area contributed by atoms with Crippen LogP contribution in [0.3, 0.4) is 0 Å². The Balaban J connectivity index is 1.95. The molecule has 1 aliphatic heterocycles. The standard InChI is InChI=1S/C18H20N2O3/c1-23-18-8-7-14(13-19-9-2-3-10-19)11-17(18)15-5-4-6-16(12-15)20(21)22/h4-8,11-12H,2-3,9-10,13H2,1H3. The highest BCUT2D eigenvalue weighted by Gasteiger charge is 2.15. The highest BCUT2D eigenvalue weighted by molar-refractivity contribution is 5.73. The maximum atomic E-state index is 11.0. The maximum absolute atomic E-state index is 11.0. The third kappa shape index (κ3) is 3.51. The Morgan fingerprint density at radius 1 is 1.17 bits per heavy atom. The van der Waals surface area contributed by atoms with E-state index in [1.807, 2.05) is 12.1 Å². The van der Waals surface area contributed by atoms with Gasteiger partial charge in [0.1, 0.15) is 5.75 Å². The van der Waals surface area contributed by atoms with Gasteiger partial charge in [0.25, 0.3) is 5.69 Å². The number of non-ortho nitro benzene ring substituents is 1. The zero-order valence-corrected chi connectivity index (χ0v) is 13.2. The Labute approximate surface area is 135 Å². The van der Waals surface area contributed by atoms with Crippen LogP contribution in [0.2, 0.25) is 0 Å². The van der Waals surface area contributed by atoms with Crippen LogP contribution in [0, 0.1) is 10.1 Å². The smallest absolute Gasteiger partial charge is 0.270 e. The van der Waals surface area contributed by atoms with Crippen molar-refractivity contribution >= 4 is 5.69 Å². The maximum Gasteiger partial charge on any atom is 0.270 e. The van der Waals surface area contributed by atoms with E-state index in [2.05, 4.69) is 17.0 Å². The van der Waals surface area contributed by atoms with Crippen molar-refractivity contribution in [3.05, 3.63) is 58.1 Å². The lowest BCUT2D eigenvalue weighted by Crippen LogP contribution is -2.18. The average Bonchev–Trinajstić information content (AvgIpc) is 3.08. The number of nitrogens with zero attached hydrogens (tertiary/aromatic N) is 2. The van der Waals surface area contributed by atoms with Crippen molar-refractivity contribution in [3.8, 4) is 16.9 Å². The Hall–Kier alpha value is -2.40. The lowest BCUT2D eigenvalue weighted by molar-refractivity contribution is -0.384. The molecule has 0 spiro atoms. The molecule has 0 amide bonds. The van der Waals surface area contributed by atoms with Gasteiger partial charge < -0.3 is 4.74 Å². The largest absolute Gasteiger partial charge is 0.496 e. The van der Waals surface area contributed by atoms with Crippen LogP contribution in [0.5, 0.6) is 5.75 Å². The van der Waals surface area contributed by atoms with E-state index < -0.39 is 0 Å². The first-order chi connectivity index (χ1) is 11.2. The molecule has 23 heavy (non-hydrogen) atoms. The third-order valence-electron chi connectivity index (χ3n) is 4.24. The second-order valence-corrected chi connectivity index (χ2v) is 5.83. The van der Waals surface area contributed by atoms with E-state index in [0.29, 0.717) is 0 Å². The van der Waals surface area contributed by atoms with Gasteiger partial charge in [-0.25, -0.2) is 0 Å². The summed E-state index contributed by atoms with van der Waals surface area (Å²) in [6, 6.07) is 12.8. The molecular weight excluding hydrogens is 292 g/mol. The zero-order chi connectivity index (χ0) is 16.2. The first-order valence-corrected chi connectivity index (χ1v) is 7.81. The average molecular weight is 312 g/mol. The SMILES string of the molecule is COc1ccc(CN2CCCC2)cc1-c1cccc([N+](=O)[O-])c1. The molecule has 0 saturated carbocycles. The molecule has 1 heterocycles. The molecule has 1 saturated heterocycles. The summed E-state index contributed by atoms with van der Waals surface area (Å²) in [6.45, 7) is 3.18. The van der Waals surface area contributed by atoms with Crippen molar-refractivity contribution in [3.63, 3.8) is 0 Å². The molecule has 0 aliphatic carbocycles. The summed E-state index contributed by atoms with van der Waals surface area (Å²) < 4.78 is 5.44. The Bertz CT molecular complexity index is 709. The summed E-state index contributed by atoms with van der Waals surface area (Å²) in [7, 11) is 1.62. The first kappa shape index (κ1) is 15.5. The summed E-state index contributed by atoms with van der Waals surface area (Å²) in [5.74, 6) is 0.732. The molecule has 5 nitrogen and oxygen atoms in total. The fraction of sp³-hybridized carbons (Fsp3) is 0.333. The number of hydrogen-bond donors (Lipinski definition) is 0. The van der Waals surface area contributed by atoms with Crippen molar-refractivity contribution in [2.45, 2.75) is 19.4 Å². The minimum atomic E-state index is -0.371. The van der Waals surface area contributed by atoms with Gasteiger partial charge in [-0.3, -0.25) is 15.0 Å². The quantitative estimate of drug-likeness (QED) is 0.621. The van der Waals surface area contributed by atoms with Gasteiger partial charge in [-0.2, -0.15) is 0 Å². The topological polar surface area (TPSA) is 55.6 Å². The number of rotatable bonds is 5. The van der Waals surface area contributed by atoms with E-state index in [4.69, 9.17) is 4.74 Å². The van der Waals surface area contributed by atoms with Gasteiger partial charge >= 0.3 is 0 Å². The van der Waals surface area contributed by atoms with Crippen LogP contribution in [0.15, 0.2) is 42.5 Å². The van der Waals surface area contributed by atoms with Gasteiger partial charge in [0.05, 0.1) is 12.0 Å². The van der Waals surface area contributed by atoms with Crippen LogP contribution in [0.4, 0.5) is 5.69 Å². The van der Waals surface area contributed by atoms with Gasteiger partial charge in [0.15, 0.2) is 0 Å². The molecule has 0 radical (unpaired) electrons. The predicted octanol–water partition coefficient (Wildman–Crippen LogP) is 3.87. The van der Waals surface area contributed by atoms with Crippen molar-refractivity contribution in [1.29, 1.82) is 0 Å². The van der Waals surface area contributed by atoms with E-state index in [0.717, 1.165) is 36.5 Å². The minimum Gasteiger partial charge on any atom is -0.496 e. The number of likely N-dealkylation sites (tertiary alicyclic amines) is 1. The molecule has 0 bridgehead atoms. The zero-order valence-electron chi connectivity index (χ0n) is 13.2. The highest BCUT2D eigenvalue weighted by Crippen LogP contribution is 2.33. The fourth-order valence-corrected chi connectivity index (χ4v) is 3.07. The van der Waals surface area contributed by atoms with Crippen LogP contribution >= 0.6 is 0 Å². The molecule has 120 valence electrons. The van der Waals surface area contributed by atoms with Crippen LogP contribution in [0.25, 0.3) is 11.1 Å². The number of hydrogen-bond acceptors (Lipinski definition) is 4. The lowest BCUT2D eigenvalue weighted by atomic mass is 10.0. The van der Waals surface area contributed by atoms with Crippen molar-refractivity contribution in [1.82, 2.24) is 4.90 Å². The number of benzene rings is 2. The van der Waals surface area contributed by atoms with E-state index in [-0.39, 0.29) is 10.6 Å². The number of nitro groups is 1. The Morgan fingerprint density at radius 3 is 2.65 bits per heavy atom. The van der Waals surface area contributed by atoms with Crippen molar-refractivity contribution in [2.75, 3.05) is 20.2 Å². The summed E-state index contributed by atoms with van der Waals surface area (Å²) >= 11 is 0. The molecule has 1 fully saturated rings. The molecule has 0 N–H and O–H groups in total. The van der Waals surface area contributed by atoms with Crippen LogP contribution in [-0.2, 0) is 6.54 Å². The molecule has 3 rings (SSSR count). The van der Waals surface area contributed by atoms with Gasteiger partial charge in [0, 0.05) is 24.2 Å². The molecule has 2 aromatic carbocycles. The third-order valence-corrected chi connectivity index (χ3v) is 4.24. The van der Waals surface area contributed by atoms with Gasteiger partial charge in [-0.15, -0.1) is 0 Å². The van der Waals surface area contributed by atoms with E-state index in [1.54, 1.807) is 19.2 Å². The molecule has 0 atom stereocenters. The second kappa shape index (κ2) is 6.79. The van der Waals surface area contributed by atoms with Crippen LogP contribution in [-0.4, -0.2) is 30.0 Å². The van der Waals surface area contributed by atoms with E-state index in [1.165, 1.54) is 24.5 Å². The summed E-state index contributed by atoms with van der Waals surface area (Å²) in [6.07, 6.45) is 2.52. The van der Waals surface area contributed by atoms with E-state index in [9.17, 15) is 10.1 Å². The Kier molecular flexibility index (Phi) is 4.57. The Morgan fingerprint density at radius 2 is 1.96 bits per heavy atom. The van der Waals surface area contributed by atoms with Crippen LogP contribution < -0.4 is 4.74 Å². The first-order valence-electron chi connectivity index (χ1n) is 7.81. The molecule has 2 aromatic rings. The highest BCUT2D eigenvalue weighted by atomic mass is 16.6.